The van der Waals surface area contributed by atoms with Gasteiger partial charge in [-0.3, -0.25) is 4.79 Å². The Morgan fingerprint density at radius 2 is 1.93 bits per heavy atom. The molecule has 1 rings (SSSR count). The molecule has 0 aliphatic rings. The van der Waals surface area contributed by atoms with Crippen molar-refractivity contribution in [2.45, 2.75) is 26.2 Å². The molecule has 0 aromatic heterocycles. The van der Waals surface area contributed by atoms with Gasteiger partial charge in [0.25, 0.3) is 0 Å². The van der Waals surface area contributed by atoms with Crippen molar-refractivity contribution >= 4 is 11.7 Å². The third-order valence-electron chi connectivity index (χ3n) is 2.20. The van der Waals surface area contributed by atoms with Gasteiger partial charge in [-0.1, -0.05) is 17.7 Å². The summed E-state index contributed by atoms with van der Waals surface area (Å²) in [5.74, 6) is -0.717. The summed E-state index contributed by atoms with van der Waals surface area (Å²) in [7, 11) is 0. The second kappa shape index (κ2) is 6.06. The van der Waals surface area contributed by atoms with Crippen molar-refractivity contribution in [3.05, 3.63) is 29.8 Å². The fourth-order valence-electron chi connectivity index (χ4n) is 1.31. The molecule has 2 N–H and O–H groups in total. The van der Waals surface area contributed by atoms with Gasteiger partial charge in [-0.2, -0.15) is 0 Å². The summed E-state index contributed by atoms with van der Waals surface area (Å²) in [4.78, 5) is 10.2. The van der Waals surface area contributed by atoms with E-state index in [2.05, 4.69) is 24.4 Å². The van der Waals surface area contributed by atoms with E-state index in [-0.39, 0.29) is 6.42 Å². The minimum absolute atomic E-state index is 0.260. The Morgan fingerprint density at radius 3 is 2.53 bits per heavy atom. The first kappa shape index (κ1) is 11.6. The van der Waals surface area contributed by atoms with E-state index < -0.39 is 5.97 Å². The summed E-state index contributed by atoms with van der Waals surface area (Å²) in [6.45, 7) is 2.88. The normalized spacial score (nSPS) is 9.93. The summed E-state index contributed by atoms with van der Waals surface area (Å²) < 4.78 is 0. The lowest BCUT2D eigenvalue weighted by atomic mass is 10.2. The number of carbonyl (C=O) groups is 1. The van der Waals surface area contributed by atoms with Crippen LogP contribution in [0.15, 0.2) is 24.3 Å². The van der Waals surface area contributed by atoms with Gasteiger partial charge in [0.2, 0.25) is 0 Å². The first-order valence-corrected chi connectivity index (χ1v) is 5.21. The third-order valence-corrected chi connectivity index (χ3v) is 2.20. The Labute approximate surface area is 90.1 Å². The van der Waals surface area contributed by atoms with Crippen molar-refractivity contribution in [2.24, 2.45) is 0 Å². The van der Waals surface area contributed by atoms with E-state index in [9.17, 15) is 4.79 Å². The minimum atomic E-state index is -0.717. The van der Waals surface area contributed by atoms with Crippen LogP contribution in [0.5, 0.6) is 0 Å². The molecule has 0 amide bonds. The molecule has 0 aliphatic carbocycles. The molecular weight excluding hydrogens is 190 g/mol. The van der Waals surface area contributed by atoms with Crippen LogP contribution in [0.4, 0.5) is 5.69 Å². The van der Waals surface area contributed by atoms with Gasteiger partial charge < -0.3 is 10.4 Å². The molecule has 0 radical (unpaired) electrons. The maximum absolute atomic E-state index is 10.2. The lowest BCUT2D eigenvalue weighted by molar-refractivity contribution is -0.137. The molecule has 0 saturated heterocycles. The lowest BCUT2D eigenvalue weighted by Gasteiger charge is -2.05. The predicted octanol–water partition coefficient (Wildman–Crippen LogP) is 2.66. The van der Waals surface area contributed by atoms with Crippen LogP contribution in [-0.4, -0.2) is 17.6 Å². The molecule has 0 spiro atoms. The van der Waals surface area contributed by atoms with Crippen LogP contribution >= 0.6 is 0 Å². The summed E-state index contributed by atoms with van der Waals surface area (Å²) in [5, 5.41) is 11.7. The topological polar surface area (TPSA) is 49.3 Å². The van der Waals surface area contributed by atoms with Crippen LogP contribution in [0.25, 0.3) is 0 Å². The average molecular weight is 207 g/mol. The molecule has 3 nitrogen and oxygen atoms in total. The standard InChI is InChI=1S/C12H17NO2/c1-10-5-7-11(8-6-10)13-9-3-2-4-12(14)15/h5-8,13H,2-4,9H2,1H3,(H,14,15). The van der Waals surface area contributed by atoms with Gasteiger partial charge in [-0.15, -0.1) is 0 Å². The Morgan fingerprint density at radius 1 is 1.27 bits per heavy atom. The average Bonchev–Trinajstić information content (AvgIpc) is 2.20. The monoisotopic (exact) mass is 207 g/mol. The summed E-state index contributed by atoms with van der Waals surface area (Å²) in [6.07, 6.45) is 1.88. The van der Waals surface area contributed by atoms with Crippen LogP contribution < -0.4 is 5.32 Å². The van der Waals surface area contributed by atoms with E-state index in [0.717, 1.165) is 25.1 Å². The molecule has 0 saturated carbocycles. The minimum Gasteiger partial charge on any atom is -0.481 e. The van der Waals surface area contributed by atoms with Crippen molar-refractivity contribution < 1.29 is 9.90 Å². The van der Waals surface area contributed by atoms with Gasteiger partial charge >= 0.3 is 5.97 Å². The lowest BCUT2D eigenvalue weighted by Crippen LogP contribution is -2.02. The first-order chi connectivity index (χ1) is 7.18. The fraction of sp³-hybridized carbons (Fsp3) is 0.417. The van der Waals surface area contributed by atoms with E-state index in [1.807, 2.05) is 12.1 Å². The largest absolute Gasteiger partial charge is 0.481 e. The van der Waals surface area contributed by atoms with Crippen LogP contribution in [0.2, 0.25) is 0 Å². The summed E-state index contributed by atoms with van der Waals surface area (Å²) in [6, 6.07) is 8.18. The highest BCUT2D eigenvalue weighted by molar-refractivity contribution is 5.66. The number of unbranched alkanes of at least 4 members (excludes halogenated alkanes) is 1. The number of anilines is 1. The molecule has 0 bridgehead atoms. The fourth-order valence-corrected chi connectivity index (χ4v) is 1.31. The zero-order valence-corrected chi connectivity index (χ0v) is 8.99. The highest BCUT2D eigenvalue weighted by atomic mass is 16.4. The second-order valence-corrected chi connectivity index (χ2v) is 3.64. The van der Waals surface area contributed by atoms with E-state index in [1.54, 1.807) is 0 Å². The Hall–Kier alpha value is -1.51. The number of carboxylic acid groups (broad SMARTS) is 1. The molecule has 0 atom stereocenters. The van der Waals surface area contributed by atoms with Gasteiger partial charge in [0.05, 0.1) is 0 Å². The second-order valence-electron chi connectivity index (χ2n) is 3.64. The maximum Gasteiger partial charge on any atom is 0.303 e. The maximum atomic E-state index is 10.2. The van der Waals surface area contributed by atoms with Gasteiger partial charge in [-0.25, -0.2) is 0 Å². The molecular formula is C12H17NO2. The van der Waals surface area contributed by atoms with E-state index in [0.29, 0.717) is 0 Å². The molecule has 0 heterocycles. The van der Waals surface area contributed by atoms with Gasteiger partial charge in [0, 0.05) is 18.7 Å². The van der Waals surface area contributed by atoms with E-state index in [4.69, 9.17) is 5.11 Å². The third kappa shape index (κ3) is 5.05. The van der Waals surface area contributed by atoms with Gasteiger partial charge in [-0.05, 0) is 31.9 Å². The van der Waals surface area contributed by atoms with Crippen LogP contribution in [0.1, 0.15) is 24.8 Å². The first-order valence-electron chi connectivity index (χ1n) is 5.21. The highest BCUT2D eigenvalue weighted by Crippen LogP contribution is 2.08. The van der Waals surface area contributed by atoms with Crippen molar-refractivity contribution in [3.63, 3.8) is 0 Å². The Bertz CT molecular complexity index is 306. The van der Waals surface area contributed by atoms with Gasteiger partial charge in [0.1, 0.15) is 0 Å². The highest BCUT2D eigenvalue weighted by Gasteiger charge is 1.96. The summed E-state index contributed by atoms with van der Waals surface area (Å²) in [5.41, 5.74) is 2.34. The molecule has 82 valence electrons. The zero-order valence-electron chi connectivity index (χ0n) is 8.99. The number of aryl methyl sites for hydroxylation is 1. The predicted molar refractivity (Wildman–Crippen MR) is 61.2 cm³/mol. The van der Waals surface area contributed by atoms with Crippen LogP contribution in [-0.2, 0) is 4.79 Å². The smallest absolute Gasteiger partial charge is 0.303 e. The molecule has 0 aliphatic heterocycles. The quantitative estimate of drug-likeness (QED) is 0.705. The van der Waals surface area contributed by atoms with E-state index in [1.165, 1.54) is 5.56 Å². The number of hydrogen-bond acceptors (Lipinski definition) is 2. The van der Waals surface area contributed by atoms with Crippen LogP contribution in [0, 0.1) is 6.92 Å². The number of carboxylic acids is 1. The Balaban J connectivity index is 2.15. The number of hydrogen-bond donors (Lipinski definition) is 2. The van der Waals surface area contributed by atoms with Gasteiger partial charge in [0.15, 0.2) is 0 Å². The number of rotatable bonds is 6. The number of nitrogens with one attached hydrogen (secondary N) is 1. The molecule has 0 fully saturated rings. The summed E-state index contributed by atoms with van der Waals surface area (Å²) >= 11 is 0. The Kier molecular flexibility index (Phi) is 4.68. The zero-order chi connectivity index (χ0) is 11.1. The van der Waals surface area contributed by atoms with Crippen LogP contribution in [0.3, 0.4) is 0 Å². The van der Waals surface area contributed by atoms with Crippen molar-refractivity contribution in [2.75, 3.05) is 11.9 Å². The molecule has 1 aromatic carbocycles. The van der Waals surface area contributed by atoms with Crippen molar-refractivity contribution in [3.8, 4) is 0 Å². The number of aliphatic carboxylic acids is 1. The molecule has 0 unspecified atom stereocenters. The van der Waals surface area contributed by atoms with E-state index >= 15 is 0 Å². The molecule has 1 aromatic rings. The van der Waals surface area contributed by atoms with Crippen molar-refractivity contribution in [1.82, 2.24) is 0 Å². The molecule has 3 heteroatoms. The molecule has 15 heavy (non-hydrogen) atoms. The van der Waals surface area contributed by atoms with Crippen molar-refractivity contribution in [1.29, 1.82) is 0 Å². The number of benzene rings is 1. The SMILES string of the molecule is Cc1ccc(NCCCCC(=O)O)cc1.